The molecule has 0 aromatic heterocycles. The predicted molar refractivity (Wildman–Crippen MR) is 76.9 cm³/mol. The molecule has 0 radical (unpaired) electrons. The molecule has 0 aliphatic heterocycles. The molecule has 1 fully saturated rings. The molecule has 2 rings (SSSR count). The van der Waals surface area contributed by atoms with Crippen LogP contribution in [0.2, 0.25) is 5.02 Å². The first-order valence-corrected chi connectivity index (χ1v) is 7.46. The highest BCUT2D eigenvalue weighted by Gasteiger charge is 2.40. The maximum Gasteiger partial charge on any atom is 0.126 e. The van der Waals surface area contributed by atoms with Gasteiger partial charge in [0.05, 0.1) is 5.60 Å². The first-order chi connectivity index (χ1) is 8.92. The average Bonchev–Trinajstić information content (AvgIpc) is 2.33. The van der Waals surface area contributed by atoms with Crippen LogP contribution in [0.4, 0.5) is 4.39 Å². The standard InChI is InChI=1S/C16H22ClFO/c1-11(2)14-5-3-4-8-16(14,19)10-12-9-13(17)6-7-15(12)18/h6-7,9,11,14,19H,3-5,8,10H2,1-2H3. The van der Waals surface area contributed by atoms with Gasteiger partial charge in [-0.15, -0.1) is 0 Å². The zero-order valence-corrected chi connectivity index (χ0v) is 12.4. The van der Waals surface area contributed by atoms with Crippen molar-refractivity contribution in [2.24, 2.45) is 11.8 Å². The first-order valence-electron chi connectivity index (χ1n) is 7.09. The number of hydrogen-bond donors (Lipinski definition) is 1. The number of benzene rings is 1. The minimum Gasteiger partial charge on any atom is -0.389 e. The molecule has 3 heteroatoms. The second-order valence-corrected chi connectivity index (χ2v) is 6.55. The third-order valence-electron chi connectivity index (χ3n) is 4.37. The van der Waals surface area contributed by atoms with Crippen molar-refractivity contribution in [1.82, 2.24) is 0 Å². The fraction of sp³-hybridized carbons (Fsp3) is 0.625. The molecule has 0 heterocycles. The zero-order chi connectivity index (χ0) is 14.0. The molecule has 1 aliphatic rings. The Labute approximate surface area is 119 Å². The van der Waals surface area contributed by atoms with E-state index >= 15 is 0 Å². The Hall–Kier alpha value is -0.600. The van der Waals surface area contributed by atoms with Crippen molar-refractivity contribution < 1.29 is 9.50 Å². The SMILES string of the molecule is CC(C)C1CCCCC1(O)Cc1cc(Cl)ccc1F. The number of aliphatic hydroxyl groups is 1. The van der Waals surface area contributed by atoms with E-state index in [-0.39, 0.29) is 11.7 Å². The van der Waals surface area contributed by atoms with Crippen LogP contribution >= 0.6 is 11.6 Å². The Kier molecular flexibility index (Phi) is 4.52. The largest absolute Gasteiger partial charge is 0.389 e. The van der Waals surface area contributed by atoms with E-state index in [4.69, 9.17) is 11.6 Å². The van der Waals surface area contributed by atoms with Gasteiger partial charge in [0.1, 0.15) is 5.82 Å². The van der Waals surface area contributed by atoms with Crippen molar-refractivity contribution in [3.8, 4) is 0 Å². The quantitative estimate of drug-likeness (QED) is 0.860. The summed E-state index contributed by atoms with van der Waals surface area (Å²) in [6.07, 6.45) is 4.31. The minimum absolute atomic E-state index is 0.236. The van der Waals surface area contributed by atoms with Gasteiger partial charge in [0.2, 0.25) is 0 Å². The molecule has 19 heavy (non-hydrogen) atoms. The zero-order valence-electron chi connectivity index (χ0n) is 11.6. The summed E-state index contributed by atoms with van der Waals surface area (Å²) < 4.78 is 13.9. The Morgan fingerprint density at radius 2 is 2.16 bits per heavy atom. The summed E-state index contributed by atoms with van der Waals surface area (Å²) in [5.41, 5.74) is -0.264. The smallest absolute Gasteiger partial charge is 0.126 e. The van der Waals surface area contributed by atoms with Crippen molar-refractivity contribution in [3.05, 3.63) is 34.6 Å². The molecular weight excluding hydrogens is 263 g/mol. The van der Waals surface area contributed by atoms with Crippen LogP contribution in [0.5, 0.6) is 0 Å². The third-order valence-corrected chi connectivity index (χ3v) is 4.61. The molecule has 1 aromatic carbocycles. The van der Waals surface area contributed by atoms with E-state index in [1.807, 2.05) is 0 Å². The molecule has 1 saturated carbocycles. The normalized spacial score (nSPS) is 27.8. The van der Waals surface area contributed by atoms with Gasteiger partial charge in [-0.2, -0.15) is 0 Å². The van der Waals surface area contributed by atoms with Gasteiger partial charge in [0.25, 0.3) is 0 Å². The molecule has 0 bridgehead atoms. The van der Waals surface area contributed by atoms with E-state index in [2.05, 4.69) is 13.8 Å². The topological polar surface area (TPSA) is 20.2 Å². The molecule has 1 N–H and O–H groups in total. The molecule has 1 aromatic rings. The molecule has 1 nitrogen and oxygen atoms in total. The molecule has 1 aliphatic carbocycles. The van der Waals surface area contributed by atoms with Gasteiger partial charge in [-0.3, -0.25) is 0 Å². The summed E-state index contributed by atoms with van der Waals surface area (Å²) in [6.45, 7) is 4.27. The lowest BCUT2D eigenvalue weighted by atomic mass is 9.68. The molecule has 2 atom stereocenters. The van der Waals surface area contributed by atoms with E-state index in [9.17, 15) is 9.50 Å². The third kappa shape index (κ3) is 3.29. The Balaban J connectivity index is 2.25. The Bertz CT molecular complexity index is 446. The van der Waals surface area contributed by atoms with Gasteiger partial charge in [-0.05, 0) is 48.4 Å². The van der Waals surface area contributed by atoms with Crippen molar-refractivity contribution in [3.63, 3.8) is 0 Å². The van der Waals surface area contributed by atoms with Crippen LogP contribution in [0.1, 0.15) is 45.1 Å². The van der Waals surface area contributed by atoms with Crippen molar-refractivity contribution in [1.29, 1.82) is 0 Å². The Morgan fingerprint density at radius 1 is 1.42 bits per heavy atom. The number of halogens is 2. The highest BCUT2D eigenvalue weighted by molar-refractivity contribution is 6.30. The predicted octanol–water partition coefficient (Wildman–Crippen LogP) is 4.60. The van der Waals surface area contributed by atoms with Crippen LogP contribution < -0.4 is 0 Å². The molecule has 0 saturated heterocycles. The summed E-state index contributed by atoms with van der Waals surface area (Å²) in [5, 5.41) is 11.5. The summed E-state index contributed by atoms with van der Waals surface area (Å²) in [5.74, 6) is 0.373. The number of hydrogen-bond acceptors (Lipinski definition) is 1. The lowest BCUT2D eigenvalue weighted by Gasteiger charge is -2.42. The Morgan fingerprint density at radius 3 is 2.84 bits per heavy atom. The monoisotopic (exact) mass is 284 g/mol. The summed E-state index contributed by atoms with van der Waals surface area (Å²) >= 11 is 5.93. The first kappa shape index (κ1) is 14.8. The second-order valence-electron chi connectivity index (χ2n) is 6.11. The fourth-order valence-electron chi connectivity index (χ4n) is 3.43. The number of rotatable bonds is 3. The van der Waals surface area contributed by atoms with Crippen LogP contribution in [0, 0.1) is 17.7 Å². The van der Waals surface area contributed by atoms with Gasteiger partial charge >= 0.3 is 0 Å². The average molecular weight is 285 g/mol. The van der Waals surface area contributed by atoms with Crippen molar-refractivity contribution in [2.75, 3.05) is 0 Å². The highest BCUT2D eigenvalue weighted by atomic mass is 35.5. The second kappa shape index (κ2) is 5.80. The maximum absolute atomic E-state index is 13.9. The lowest BCUT2D eigenvalue weighted by Crippen LogP contribution is -2.45. The summed E-state index contributed by atoms with van der Waals surface area (Å²) in [6, 6.07) is 4.57. The van der Waals surface area contributed by atoms with Crippen LogP contribution in [-0.2, 0) is 6.42 Å². The lowest BCUT2D eigenvalue weighted by molar-refractivity contribution is -0.0657. The molecule has 0 amide bonds. The van der Waals surface area contributed by atoms with Crippen molar-refractivity contribution in [2.45, 2.75) is 51.6 Å². The van der Waals surface area contributed by atoms with E-state index < -0.39 is 5.60 Å². The highest BCUT2D eigenvalue weighted by Crippen LogP contribution is 2.41. The minimum atomic E-state index is -0.794. The van der Waals surface area contributed by atoms with Crippen LogP contribution in [0.15, 0.2) is 18.2 Å². The molecule has 0 spiro atoms. The summed E-state index contributed by atoms with van der Waals surface area (Å²) in [7, 11) is 0. The van der Waals surface area contributed by atoms with Crippen LogP contribution in [-0.4, -0.2) is 10.7 Å². The van der Waals surface area contributed by atoms with Crippen LogP contribution in [0.25, 0.3) is 0 Å². The van der Waals surface area contributed by atoms with Crippen LogP contribution in [0.3, 0.4) is 0 Å². The molecular formula is C16H22ClFO. The molecule has 2 unspecified atom stereocenters. The van der Waals surface area contributed by atoms with Gasteiger partial charge < -0.3 is 5.11 Å². The van der Waals surface area contributed by atoms with E-state index in [0.29, 0.717) is 22.9 Å². The van der Waals surface area contributed by atoms with E-state index in [0.717, 1.165) is 25.7 Å². The molecule has 106 valence electrons. The van der Waals surface area contributed by atoms with E-state index in [1.54, 1.807) is 12.1 Å². The van der Waals surface area contributed by atoms with Gasteiger partial charge in [0.15, 0.2) is 0 Å². The van der Waals surface area contributed by atoms with Crippen molar-refractivity contribution >= 4 is 11.6 Å². The van der Waals surface area contributed by atoms with Gasteiger partial charge in [-0.25, -0.2) is 4.39 Å². The fourth-order valence-corrected chi connectivity index (χ4v) is 3.63. The summed E-state index contributed by atoms with van der Waals surface area (Å²) in [4.78, 5) is 0. The van der Waals surface area contributed by atoms with Gasteiger partial charge in [-0.1, -0.05) is 38.3 Å². The van der Waals surface area contributed by atoms with E-state index in [1.165, 1.54) is 6.07 Å². The van der Waals surface area contributed by atoms with Gasteiger partial charge in [0, 0.05) is 11.4 Å². The maximum atomic E-state index is 13.9.